The van der Waals surface area contributed by atoms with Gasteiger partial charge in [-0.15, -0.1) is 0 Å². The highest BCUT2D eigenvalue weighted by atomic mass is 16.3. The normalized spacial score (nSPS) is 15.3. The quantitative estimate of drug-likeness (QED) is 0.588. The van der Waals surface area contributed by atoms with Crippen molar-refractivity contribution in [2.45, 2.75) is 31.9 Å². The van der Waals surface area contributed by atoms with Gasteiger partial charge in [-0.05, 0) is 36.1 Å². The van der Waals surface area contributed by atoms with Crippen LogP contribution in [0.2, 0.25) is 0 Å². The van der Waals surface area contributed by atoms with Crippen molar-refractivity contribution in [2.24, 2.45) is 0 Å². The number of nitrogens with one attached hydrogen (secondary N) is 2. The van der Waals surface area contributed by atoms with Crippen molar-refractivity contribution in [3.8, 4) is 0 Å². The molecule has 28 heavy (non-hydrogen) atoms. The highest BCUT2D eigenvalue weighted by molar-refractivity contribution is 5.80. The average Bonchev–Trinajstić information content (AvgIpc) is 3.14. The molecule has 3 aromatic rings. The zero-order chi connectivity index (χ0) is 19.3. The summed E-state index contributed by atoms with van der Waals surface area (Å²) in [5, 5.41) is 14.3. The molecule has 1 unspecified atom stereocenters. The summed E-state index contributed by atoms with van der Waals surface area (Å²) >= 11 is 0. The molecule has 1 atom stereocenters. The molecule has 0 saturated heterocycles. The van der Waals surface area contributed by atoms with Crippen LogP contribution in [-0.2, 0) is 24.2 Å². The van der Waals surface area contributed by atoms with Crippen molar-refractivity contribution in [3.63, 3.8) is 0 Å². The number of nitrogens with zero attached hydrogens (tertiary/aromatic N) is 2. The van der Waals surface area contributed by atoms with E-state index in [2.05, 4.69) is 44.5 Å². The number of pyridine rings is 1. The third-order valence-corrected chi connectivity index (χ3v) is 5.31. The Hall–Kier alpha value is -2.70. The minimum atomic E-state index is -0.562. The second-order valence-electron chi connectivity index (χ2n) is 7.47. The van der Waals surface area contributed by atoms with Crippen LogP contribution in [0.3, 0.4) is 0 Å². The van der Waals surface area contributed by atoms with E-state index < -0.39 is 6.10 Å². The molecule has 1 aromatic carbocycles. The Morgan fingerprint density at radius 1 is 1.29 bits per heavy atom. The number of hydrogen-bond donors (Lipinski definition) is 3. The van der Waals surface area contributed by atoms with E-state index in [1.807, 2.05) is 12.1 Å². The van der Waals surface area contributed by atoms with Crippen molar-refractivity contribution >= 4 is 16.8 Å². The Balaban J connectivity index is 1.19. The second kappa shape index (κ2) is 8.54. The van der Waals surface area contributed by atoms with Gasteiger partial charge in [0.05, 0.1) is 17.8 Å². The minimum absolute atomic E-state index is 0.0418. The van der Waals surface area contributed by atoms with Crippen molar-refractivity contribution in [2.75, 3.05) is 19.6 Å². The number of aromatic nitrogens is 2. The van der Waals surface area contributed by atoms with E-state index in [9.17, 15) is 9.90 Å². The van der Waals surface area contributed by atoms with Crippen LogP contribution in [0.1, 0.15) is 23.2 Å². The molecule has 3 heterocycles. The topological polar surface area (TPSA) is 81.2 Å². The van der Waals surface area contributed by atoms with Crippen LogP contribution in [0, 0.1) is 0 Å². The lowest BCUT2D eigenvalue weighted by atomic mass is 10.00. The molecule has 0 bridgehead atoms. The average molecular weight is 378 g/mol. The number of hydrogen-bond acceptors (Lipinski definition) is 4. The third kappa shape index (κ3) is 4.58. The van der Waals surface area contributed by atoms with Gasteiger partial charge in [0.1, 0.15) is 0 Å². The Morgan fingerprint density at radius 3 is 3.00 bits per heavy atom. The van der Waals surface area contributed by atoms with E-state index in [4.69, 9.17) is 0 Å². The van der Waals surface area contributed by atoms with Gasteiger partial charge in [-0.25, -0.2) is 0 Å². The first-order chi connectivity index (χ1) is 13.7. The first-order valence-electron chi connectivity index (χ1n) is 9.83. The minimum Gasteiger partial charge on any atom is -0.390 e. The number of carbonyl (C=O) groups excluding carboxylic acids is 1. The third-order valence-electron chi connectivity index (χ3n) is 5.31. The Labute approximate surface area is 164 Å². The number of carbonyl (C=O) groups is 1. The number of H-pyrrole nitrogens is 1. The maximum absolute atomic E-state index is 12.1. The standard InChI is InChI=1S/C22H26N4O2/c27-20(15-26-10-8-16-3-1-2-4-18(16)14-26)12-24-22(28)6-5-19-11-17-7-9-23-13-21(17)25-19/h1-4,7,9,11,13,20,25,27H,5-6,8,10,12,14-15H2,(H,24,28). The summed E-state index contributed by atoms with van der Waals surface area (Å²) in [6.07, 6.45) is 5.02. The molecule has 1 aliphatic rings. The molecule has 146 valence electrons. The molecule has 0 spiro atoms. The molecular weight excluding hydrogens is 352 g/mol. The van der Waals surface area contributed by atoms with Crippen molar-refractivity contribution in [1.29, 1.82) is 0 Å². The number of fused-ring (bicyclic) bond motifs is 2. The van der Waals surface area contributed by atoms with E-state index in [0.29, 0.717) is 19.4 Å². The number of aryl methyl sites for hydroxylation is 1. The SMILES string of the molecule is O=C(CCc1cc2ccncc2[nH]1)NCC(O)CN1CCc2ccccc2C1. The van der Waals surface area contributed by atoms with E-state index in [1.165, 1.54) is 11.1 Å². The van der Waals surface area contributed by atoms with Crippen molar-refractivity contribution in [3.05, 3.63) is 65.6 Å². The second-order valence-corrected chi connectivity index (χ2v) is 7.47. The van der Waals surface area contributed by atoms with E-state index in [0.717, 1.165) is 36.1 Å². The lowest BCUT2D eigenvalue weighted by Gasteiger charge is -2.30. The van der Waals surface area contributed by atoms with Gasteiger partial charge in [-0.1, -0.05) is 24.3 Å². The molecule has 4 rings (SSSR count). The summed E-state index contributed by atoms with van der Waals surface area (Å²) in [5.41, 5.74) is 4.73. The molecule has 0 fully saturated rings. The fourth-order valence-electron chi connectivity index (χ4n) is 3.81. The van der Waals surface area contributed by atoms with Gasteiger partial charge >= 0.3 is 0 Å². The molecule has 6 heteroatoms. The van der Waals surface area contributed by atoms with Crippen LogP contribution >= 0.6 is 0 Å². The van der Waals surface area contributed by atoms with Crippen LogP contribution in [0.5, 0.6) is 0 Å². The van der Waals surface area contributed by atoms with E-state index in [-0.39, 0.29) is 12.5 Å². The van der Waals surface area contributed by atoms with Crippen LogP contribution in [0.4, 0.5) is 0 Å². The molecular formula is C22H26N4O2. The predicted octanol–water partition coefficient (Wildman–Crippen LogP) is 2.03. The Morgan fingerprint density at radius 2 is 2.14 bits per heavy atom. The van der Waals surface area contributed by atoms with Crippen LogP contribution in [0.15, 0.2) is 48.8 Å². The monoisotopic (exact) mass is 378 g/mol. The molecule has 2 aromatic heterocycles. The summed E-state index contributed by atoms with van der Waals surface area (Å²) in [4.78, 5) is 21.7. The zero-order valence-corrected chi connectivity index (χ0v) is 15.9. The first kappa shape index (κ1) is 18.7. The number of aliphatic hydroxyl groups excluding tert-OH is 1. The highest BCUT2D eigenvalue weighted by Gasteiger charge is 2.18. The summed E-state index contributed by atoms with van der Waals surface area (Å²) < 4.78 is 0. The lowest BCUT2D eigenvalue weighted by molar-refractivity contribution is -0.121. The summed E-state index contributed by atoms with van der Waals surface area (Å²) in [6, 6.07) is 12.5. The first-order valence-corrected chi connectivity index (χ1v) is 9.83. The smallest absolute Gasteiger partial charge is 0.220 e. The van der Waals surface area contributed by atoms with Gasteiger partial charge in [-0.3, -0.25) is 14.7 Å². The van der Waals surface area contributed by atoms with Crippen LogP contribution in [0.25, 0.3) is 10.9 Å². The number of rotatable bonds is 7. The molecule has 3 N–H and O–H groups in total. The lowest BCUT2D eigenvalue weighted by Crippen LogP contribution is -2.42. The van der Waals surface area contributed by atoms with Gasteiger partial charge < -0.3 is 15.4 Å². The number of amides is 1. The molecule has 1 amide bonds. The van der Waals surface area contributed by atoms with E-state index >= 15 is 0 Å². The van der Waals surface area contributed by atoms with Gasteiger partial charge in [-0.2, -0.15) is 0 Å². The Bertz CT molecular complexity index is 919. The number of aromatic amines is 1. The summed E-state index contributed by atoms with van der Waals surface area (Å²) in [6.45, 7) is 2.66. The zero-order valence-electron chi connectivity index (χ0n) is 15.9. The van der Waals surface area contributed by atoms with Gasteiger partial charge in [0, 0.05) is 49.9 Å². The van der Waals surface area contributed by atoms with Gasteiger partial charge in [0.25, 0.3) is 0 Å². The number of β-amino-alcohol motifs (C(OH)–C–C–N with tert-alkyl or cyclic N) is 1. The largest absolute Gasteiger partial charge is 0.390 e. The van der Waals surface area contributed by atoms with Gasteiger partial charge in [0.2, 0.25) is 5.91 Å². The summed E-state index contributed by atoms with van der Waals surface area (Å²) in [5.74, 6) is -0.0418. The maximum atomic E-state index is 12.1. The van der Waals surface area contributed by atoms with E-state index in [1.54, 1.807) is 12.4 Å². The summed E-state index contributed by atoms with van der Waals surface area (Å²) in [7, 11) is 0. The number of aliphatic hydroxyl groups is 1. The van der Waals surface area contributed by atoms with Crippen molar-refractivity contribution in [1.82, 2.24) is 20.2 Å². The molecule has 0 aliphatic carbocycles. The molecule has 0 radical (unpaired) electrons. The molecule has 6 nitrogen and oxygen atoms in total. The highest BCUT2D eigenvalue weighted by Crippen LogP contribution is 2.18. The fraction of sp³-hybridized carbons (Fsp3) is 0.364. The van der Waals surface area contributed by atoms with Crippen molar-refractivity contribution < 1.29 is 9.90 Å². The van der Waals surface area contributed by atoms with Crippen LogP contribution < -0.4 is 5.32 Å². The Kier molecular flexibility index (Phi) is 5.69. The maximum Gasteiger partial charge on any atom is 0.220 e. The number of benzene rings is 1. The molecule has 1 aliphatic heterocycles. The predicted molar refractivity (Wildman–Crippen MR) is 109 cm³/mol. The van der Waals surface area contributed by atoms with Crippen LogP contribution in [-0.4, -0.2) is 51.6 Å². The fourth-order valence-corrected chi connectivity index (χ4v) is 3.81. The van der Waals surface area contributed by atoms with Gasteiger partial charge in [0.15, 0.2) is 0 Å². The molecule has 0 saturated carbocycles.